The Balaban J connectivity index is 1.27. The van der Waals surface area contributed by atoms with Gasteiger partial charge in [-0.2, -0.15) is 0 Å². The van der Waals surface area contributed by atoms with Crippen LogP contribution < -0.4 is 0 Å². The van der Waals surface area contributed by atoms with Gasteiger partial charge in [0.25, 0.3) is 0 Å². The molecule has 0 N–H and O–H groups in total. The summed E-state index contributed by atoms with van der Waals surface area (Å²) in [5.74, 6) is 0. The van der Waals surface area contributed by atoms with Gasteiger partial charge in [0.05, 0.1) is 0 Å². The molecule has 2 aromatic heterocycles. The van der Waals surface area contributed by atoms with E-state index in [1.807, 2.05) is 11.3 Å². The monoisotopic (exact) mass is 576 g/mol. The molecular weight excluding hydrogens is 553 g/mol. The molecule has 0 aliphatic heterocycles. The van der Waals surface area contributed by atoms with Gasteiger partial charge in [-0.3, -0.25) is 0 Å². The van der Waals surface area contributed by atoms with Crippen LogP contribution in [0.1, 0.15) is 0 Å². The highest BCUT2D eigenvalue weighted by Gasteiger charge is 2.19. The summed E-state index contributed by atoms with van der Waals surface area (Å²) >= 11 is 1.87. The topological polar surface area (TPSA) is 13.1 Å². The maximum absolute atomic E-state index is 6.47. The average molecular weight is 577 g/mol. The molecule has 1 nitrogen and oxygen atoms in total. The van der Waals surface area contributed by atoms with Crippen LogP contribution in [-0.4, -0.2) is 0 Å². The number of thiophene rings is 1. The highest BCUT2D eigenvalue weighted by Crippen LogP contribution is 2.46. The summed E-state index contributed by atoms with van der Waals surface area (Å²) in [7, 11) is 0. The third-order valence-electron chi connectivity index (χ3n) is 9.25. The number of furan rings is 1. The minimum Gasteiger partial charge on any atom is -0.455 e. The molecule has 0 aliphatic carbocycles. The van der Waals surface area contributed by atoms with Crippen LogP contribution in [-0.2, 0) is 0 Å². The van der Waals surface area contributed by atoms with Gasteiger partial charge in [-0.15, -0.1) is 11.3 Å². The van der Waals surface area contributed by atoms with Crippen LogP contribution in [0.15, 0.2) is 150 Å². The molecule has 44 heavy (non-hydrogen) atoms. The molecular formula is C42H24OS. The molecule has 0 saturated heterocycles. The molecule has 2 heterocycles. The molecule has 2 heteroatoms. The van der Waals surface area contributed by atoms with Gasteiger partial charge >= 0.3 is 0 Å². The fourth-order valence-corrected chi connectivity index (χ4v) is 8.38. The molecule has 0 unspecified atom stereocenters. The lowest BCUT2D eigenvalue weighted by molar-refractivity contribution is 0.672. The molecule has 204 valence electrons. The Kier molecular flexibility index (Phi) is 4.94. The Morgan fingerprint density at radius 3 is 1.61 bits per heavy atom. The highest BCUT2D eigenvalue weighted by molar-refractivity contribution is 7.25. The quantitative estimate of drug-likeness (QED) is 0.187. The molecule has 10 aromatic rings. The predicted molar refractivity (Wildman–Crippen MR) is 190 cm³/mol. The van der Waals surface area contributed by atoms with Gasteiger partial charge < -0.3 is 4.42 Å². The Labute approximate surface area is 257 Å². The van der Waals surface area contributed by atoms with Crippen molar-refractivity contribution < 1.29 is 4.42 Å². The number of benzene rings is 8. The number of fused-ring (bicyclic) bond motifs is 10. The molecule has 0 saturated carbocycles. The molecule has 0 fully saturated rings. The zero-order valence-electron chi connectivity index (χ0n) is 23.7. The second-order valence-corrected chi connectivity index (χ2v) is 12.7. The van der Waals surface area contributed by atoms with E-state index in [1.165, 1.54) is 69.4 Å². The second-order valence-electron chi connectivity index (χ2n) is 11.6. The lowest BCUT2D eigenvalue weighted by Crippen LogP contribution is -1.90. The Hall–Kier alpha value is -5.44. The van der Waals surface area contributed by atoms with Crippen LogP contribution in [0.25, 0.3) is 96.7 Å². The summed E-state index contributed by atoms with van der Waals surface area (Å²) in [5, 5.41) is 12.4. The lowest BCUT2D eigenvalue weighted by atomic mass is 9.85. The Morgan fingerprint density at radius 2 is 0.909 bits per heavy atom. The summed E-state index contributed by atoms with van der Waals surface area (Å²) in [6, 6.07) is 53.1. The maximum Gasteiger partial charge on any atom is 0.143 e. The fraction of sp³-hybridized carbons (Fsp3) is 0. The third-order valence-corrected chi connectivity index (χ3v) is 10.4. The van der Waals surface area contributed by atoms with E-state index in [4.69, 9.17) is 4.42 Å². The minimum atomic E-state index is 0.918. The van der Waals surface area contributed by atoms with Crippen molar-refractivity contribution >= 4 is 85.8 Å². The molecule has 0 atom stereocenters. The standard InChI is InChI=1S/C42H24OS/c1-2-10-28-25(9-1)17-20-34-35-23-26(18-21-37(35)43-42(28)34)40-30-12-3-5-14-32(30)41(33-15-6-4-13-31(33)40)27-19-22-39-36(24-27)29-11-7-8-16-38(29)44-39/h1-24H. The first-order valence-corrected chi connectivity index (χ1v) is 15.8. The summed E-state index contributed by atoms with van der Waals surface area (Å²) in [6.45, 7) is 0. The van der Waals surface area contributed by atoms with E-state index in [9.17, 15) is 0 Å². The average Bonchev–Trinajstić information content (AvgIpc) is 3.65. The number of hydrogen-bond donors (Lipinski definition) is 0. The maximum atomic E-state index is 6.47. The minimum absolute atomic E-state index is 0.918. The van der Waals surface area contributed by atoms with E-state index in [-0.39, 0.29) is 0 Å². The van der Waals surface area contributed by atoms with Crippen LogP contribution in [0.5, 0.6) is 0 Å². The molecule has 10 rings (SSSR count). The van der Waals surface area contributed by atoms with Gasteiger partial charge in [0, 0.05) is 36.3 Å². The molecule has 0 spiro atoms. The van der Waals surface area contributed by atoms with Gasteiger partial charge in [-0.25, -0.2) is 0 Å². The summed E-state index contributed by atoms with van der Waals surface area (Å²) in [5.41, 5.74) is 6.88. The molecule has 0 amide bonds. The van der Waals surface area contributed by atoms with Gasteiger partial charge in [0.1, 0.15) is 11.2 Å². The van der Waals surface area contributed by atoms with E-state index in [0.717, 1.165) is 27.3 Å². The van der Waals surface area contributed by atoms with Gasteiger partial charge in [-0.1, -0.05) is 109 Å². The molecule has 0 radical (unpaired) electrons. The third kappa shape index (κ3) is 3.35. The van der Waals surface area contributed by atoms with Gasteiger partial charge in [-0.05, 0) is 85.6 Å². The molecule has 0 bridgehead atoms. The van der Waals surface area contributed by atoms with E-state index < -0.39 is 0 Å². The van der Waals surface area contributed by atoms with Crippen LogP contribution in [0.4, 0.5) is 0 Å². The largest absolute Gasteiger partial charge is 0.455 e. The van der Waals surface area contributed by atoms with Crippen molar-refractivity contribution in [2.24, 2.45) is 0 Å². The fourth-order valence-electron chi connectivity index (χ4n) is 7.29. The van der Waals surface area contributed by atoms with Crippen molar-refractivity contribution in [2.75, 3.05) is 0 Å². The highest BCUT2D eigenvalue weighted by atomic mass is 32.1. The van der Waals surface area contributed by atoms with Gasteiger partial charge in [0.2, 0.25) is 0 Å². The zero-order valence-corrected chi connectivity index (χ0v) is 24.5. The Morgan fingerprint density at radius 1 is 0.364 bits per heavy atom. The summed E-state index contributed by atoms with van der Waals surface area (Å²) in [4.78, 5) is 0. The molecule has 8 aromatic carbocycles. The van der Waals surface area contributed by atoms with E-state index in [0.29, 0.717) is 0 Å². The van der Waals surface area contributed by atoms with Crippen molar-refractivity contribution in [2.45, 2.75) is 0 Å². The lowest BCUT2D eigenvalue weighted by Gasteiger charge is -2.18. The van der Waals surface area contributed by atoms with E-state index in [2.05, 4.69) is 146 Å². The van der Waals surface area contributed by atoms with Crippen LogP contribution in [0.3, 0.4) is 0 Å². The van der Waals surface area contributed by atoms with Crippen molar-refractivity contribution in [1.29, 1.82) is 0 Å². The first-order chi connectivity index (χ1) is 21.8. The van der Waals surface area contributed by atoms with Crippen molar-refractivity contribution in [3.63, 3.8) is 0 Å². The van der Waals surface area contributed by atoms with Gasteiger partial charge in [0.15, 0.2) is 0 Å². The smallest absolute Gasteiger partial charge is 0.143 e. The van der Waals surface area contributed by atoms with Crippen molar-refractivity contribution in [3.8, 4) is 22.3 Å². The predicted octanol–water partition coefficient (Wildman–Crippen LogP) is 12.7. The van der Waals surface area contributed by atoms with Crippen LogP contribution in [0.2, 0.25) is 0 Å². The Bertz CT molecular complexity index is 2720. The molecule has 0 aliphatic rings. The summed E-state index contributed by atoms with van der Waals surface area (Å²) < 4.78 is 9.13. The zero-order chi connectivity index (χ0) is 28.8. The van der Waals surface area contributed by atoms with Crippen LogP contribution in [0, 0.1) is 0 Å². The first-order valence-electron chi connectivity index (χ1n) is 15.0. The second kappa shape index (κ2) is 9.03. The van der Waals surface area contributed by atoms with E-state index in [1.54, 1.807) is 0 Å². The van der Waals surface area contributed by atoms with E-state index >= 15 is 0 Å². The SMILES string of the molecule is c1ccc2c(c1)ccc1c3cc(-c4c5ccccc5c(-c5ccc6sc7ccccc7c6c5)c5ccccc45)ccc3oc21. The summed E-state index contributed by atoms with van der Waals surface area (Å²) in [6.07, 6.45) is 0. The van der Waals surface area contributed by atoms with Crippen LogP contribution >= 0.6 is 11.3 Å². The number of hydrogen-bond acceptors (Lipinski definition) is 2. The normalized spacial score (nSPS) is 12.1. The van der Waals surface area contributed by atoms with Crippen molar-refractivity contribution in [1.82, 2.24) is 0 Å². The van der Waals surface area contributed by atoms with Crippen molar-refractivity contribution in [3.05, 3.63) is 146 Å². The first kappa shape index (κ1) is 24.0. The number of rotatable bonds is 2.